The van der Waals surface area contributed by atoms with Crippen molar-refractivity contribution >= 4 is 22.5 Å². The second kappa shape index (κ2) is 7.67. The molecule has 1 unspecified atom stereocenters. The molecule has 1 aliphatic heterocycles. The van der Waals surface area contributed by atoms with Gasteiger partial charge in [0.1, 0.15) is 16.4 Å². The summed E-state index contributed by atoms with van der Waals surface area (Å²) in [5.41, 5.74) is 2.26. The van der Waals surface area contributed by atoms with Crippen molar-refractivity contribution in [1.29, 1.82) is 0 Å². The SMILES string of the molecule is COc1cc(F)c2nc(Cl)c3c(c2c1)C(OCCCN1CCCC1)CC3. The monoisotopic (exact) mass is 378 g/mol. The molecule has 0 amide bonds. The molecule has 0 spiro atoms. The summed E-state index contributed by atoms with van der Waals surface area (Å²) in [6.45, 7) is 4.20. The first-order valence-corrected chi connectivity index (χ1v) is 9.74. The van der Waals surface area contributed by atoms with E-state index in [1.54, 1.807) is 0 Å². The Balaban J connectivity index is 1.55. The summed E-state index contributed by atoms with van der Waals surface area (Å²) in [6, 6.07) is 3.19. The first-order chi connectivity index (χ1) is 12.7. The number of methoxy groups -OCH3 is 1. The van der Waals surface area contributed by atoms with E-state index >= 15 is 0 Å². The standard InChI is InChI=1S/C20H24ClFN2O2/c1-25-13-11-15-18-14(20(21)23-19(15)16(22)12-13)5-6-17(18)26-10-4-9-24-7-2-3-8-24/h11-12,17H,2-10H2,1H3. The van der Waals surface area contributed by atoms with Gasteiger partial charge in [-0.25, -0.2) is 9.37 Å². The van der Waals surface area contributed by atoms with E-state index in [1.807, 2.05) is 6.07 Å². The van der Waals surface area contributed by atoms with Crippen molar-refractivity contribution < 1.29 is 13.9 Å². The van der Waals surface area contributed by atoms with Crippen molar-refractivity contribution in [2.75, 3.05) is 33.4 Å². The molecule has 140 valence electrons. The van der Waals surface area contributed by atoms with E-state index in [1.165, 1.54) is 39.1 Å². The Labute approximate surface area is 158 Å². The van der Waals surface area contributed by atoms with Gasteiger partial charge in [-0.3, -0.25) is 0 Å². The smallest absolute Gasteiger partial charge is 0.153 e. The van der Waals surface area contributed by atoms with E-state index in [0.29, 0.717) is 23.0 Å². The normalized spacial score (nSPS) is 20.0. The van der Waals surface area contributed by atoms with Gasteiger partial charge in [-0.2, -0.15) is 0 Å². The van der Waals surface area contributed by atoms with E-state index in [9.17, 15) is 4.39 Å². The molecule has 6 heteroatoms. The predicted molar refractivity (Wildman–Crippen MR) is 101 cm³/mol. The zero-order chi connectivity index (χ0) is 18.1. The second-order valence-corrected chi connectivity index (χ2v) is 7.46. The van der Waals surface area contributed by atoms with Crippen molar-refractivity contribution in [3.8, 4) is 5.75 Å². The number of aromatic nitrogens is 1. The largest absolute Gasteiger partial charge is 0.497 e. The fraction of sp³-hybridized carbons (Fsp3) is 0.550. The van der Waals surface area contributed by atoms with Crippen LogP contribution in [0.1, 0.15) is 42.9 Å². The van der Waals surface area contributed by atoms with Gasteiger partial charge in [-0.1, -0.05) is 11.6 Å². The van der Waals surface area contributed by atoms with Gasteiger partial charge in [0, 0.05) is 24.6 Å². The molecule has 0 bridgehead atoms. The van der Waals surface area contributed by atoms with Gasteiger partial charge in [0.2, 0.25) is 0 Å². The molecular weight excluding hydrogens is 355 g/mol. The summed E-state index contributed by atoms with van der Waals surface area (Å²) in [7, 11) is 1.54. The Morgan fingerprint density at radius 3 is 2.88 bits per heavy atom. The molecule has 1 saturated heterocycles. The van der Waals surface area contributed by atoms with Gasteiger partial charge in [-0.15, -0.1) is 0 Å². The maximum atomic E-state index is 14.4. The van der Waals surface area contributed by atoms with Gasteiger partial charge in [0.05, 0.1) is 13.2 Å². The minimum atomic E-state index is -0.413. The molecule has 2 aliphatic rings. The third-order valence-corrected chi connectivity index (χ3v) is 5.77. The fourth-order valence-corrected chi connectivity index (χ4v) is 4.44. The first-order valence-electron chi connectivity index (χ1n) is 9.37. The molecule has 26 heavy (non-hydrogen) atoms. The highest BCUT2D eigenvalue weighted by atomic mass is 35.5. The van der Waals surface area contributed by atoms with E-state index in [-0.39, 0.29) is 6.10 Å². The highest BCUT2D eigenvalue weighted by molar-refractivity contribution is 6.30. The lowest BCUT2D eigenvalue weighted by molar-refractivity contribution is 0.0492. The third-order valence-electron chi connectivity index (χ3n) is 5.46. The minimum absolute atomic E-state index is 0.0573. The lowest BCUT2D eigenvalue weighted by atomic mass is 10.0. The Bertz CT molecular complexity index is 808. The molecule has 1 fully saturated rings. The van der Waals surface area contributed by atoms with Crippen molar-refractivity contribution in [2.45, 2.75) is 38.2 Å². The number of likely N-dealkylation sites (tertiary alicyclic amines) is 1. The molecule has 2 aromatic rings. The first kappa shape index (κ1) is 18.0. The van der Waals surface area contributed by atoms with Crippen LogP contribution in [0, 0.1) is 5.82 Å². The number of benzene rings is 1. The Hall–Kier alpha value is -1.43. The fourth-order valence-electron chi connectivity index (χ4n) is 4.16. The minimum Gasteiger partial charge on any atom is -0.497 e. The molecule has 1 aromatic carbocycles. The number of pyridine rings is 1. The van der Waals surface area contributed by atoms with Crippen LogP contribution in [0.4, 0.5) is 4.39 Å². The number of fused-ring (bicyclic) bond motifs is 3. The van der Waals surface area contributed by atoms with E-state index in [2.05, 4.69) is 9.88 Å². The average Bonchev–Trinajstić information content (AvgIpc) is 3.29. The van der Waals surface area contributed by atoms with Crippen LogP contribution in [-0.2, 0) is 11.2 Å². The number of hydrogen-bond donors (Lipinski definition) is 0. The van der Waals surface area contributed by atoms with Crippen LogP contribution in [0.25, 0.3) is 10.9 Å². The summed E-state index contributed by atoms with van der Waals surface area (Å²) in [6.07, 6.45) is 5.24. The molecule has 0 radical (unpaired) electrons. The highest BCUT2D eigenvalue weighted by Gasteiger charge is 2.29. The summed E-state index contributed by atoms with van der Waals surface area (Å²) < 4.78 is 25.9. The maximum absolute atomic E-state index is 14.4. The van der Waals surface area contributed by atoms with Gasteiger partial charge >= 0.3 is 0 Å². The quantitative estimate of drug-likeness (QED) is 0.546. The lowest BCUT2D eigenvalue weighted by Gasteiger charge is -2.18. The van der Waals surface area contributed by atoms with Crippen LogP contribution in [0.3, 0.4) is 0 Å². The molecule has 4 rings (SSSR count). The Morgan fingerprint density at radius 1 is 1.31 bits per heavy atom. The van der Waals surface area contributed by atoms with Gasteiger partial charge < -0.3 is 14.4 Å². The Morgan fingerprint density at radius 2 is 2.12 bits per heavy atom. The molecule has 0 N–H and O–H groups in total. The Kier molecular flexibility index (Phi) is 5.30. The van der Waals surface area contributed by atoms with Crippen LogP contribution >= 0.6 is 11.6 Å². The van der Waals surface area contributed by atoms with Crippen LogP contribution in [0.5, 0.6) is 5.75 Å². The summed E-state index contributed by atoms with van der Waals surface area (Å²) in [5.74, 6) is 0.0738. The summed E-state index contributed by atoms with van der Waals surface area (Å²) >= 11 is 6.34. The molecule has 1 atom stereocenters. The predicted octanol–water partition coefficient (Wildman–Crippen LogP) is 4.53. The van der Waals surface area contributed by atoms with Crippen LogP contribution in [0.2, 0.25) is 5.15 Å². The zero-order valence-electron chi connectivity index (χ0n) is 15.1. The van der Waals surface area contributed by atoms with Gasteiger partial charge in [0.15, 0.2) is 5.82 Å². The molecule has 0 saturated carbocycles. The highest BCUT2D eigenvalue weighted by Crippen LogP contribution is 2.42. The zero-order valence-corrected chi connectivity index (χ0v) is 15.8. The van der Waals surface area contributed by atoms with Crippen molar-refractivity contribution in [2.24, 2.45) is 0 Å². The topological polar surface area (TPSA) is 34.6 Å². The number of rotatable bonds is 6. The molecule has 1 aliphatic carbocycles. The molecular formula is C20H24ClFN2O2. The van der Waals surface area contributed by atoms with Crippen LogP contribution in [-0.4, -0.2) is 43.2 Å². The van der Waals surface area contributed by atoms with Crippen molar-refractivity contribution in [3.05, 3.63) is 34.2 Å². The van der Waals surface area contributed by atoms with Gasteiger partial charge in [0.25, 0.3) is 0 Å². The number of nitrogens with zero attached hydrogens (tertiary/aromatic N) is 2. The molecule has 2 heterocycles. The van der Waals surface area contributed by atoms with E-state index < -0.39 is 5.82 Å². The van der Waals surface area contributed by atoms with E-state index in [4.69, 9.17) is 21.1 Å². The average molecular weight is 379 g/mol. The number of hydrogen-bond acceptors (Lipinski definition) is 4. The third kappa shape index (κ3) is 3.40. The van der Waals surface area contributed by atoms with Crippen LogP contribution < -0.4 is 4.74 Å². The molecule has 4 nitrogen and oxygen atoms in total. The van der Waals surface area contributed by atoms with Gasteiger partial charge in [-0.05, 0) is 62.4 Å². The summed E-state index contributed by atoms with van der Waals surface area (Å²) in [4.78, 5) is 6.77. The summed E-state index contributed by atoms with van der Waals surface area (Å²) in [5, 5.41) is 1.14. The van der Waals surface area contributed by atoms with E-state index in [0.717, 1.165) is 42.3 Å². The number of halogens is 2. The second-order valence-electron chi connectivity index (χ2n) is 7.10. The van der Waals surface area contributed by atoms with Crippen molar-refractivity contribution in [1.82, 2.24) is 9.88 Å². The maximum Gasteiger partial charge on any atom is 0.153 e. The number of ether oxygens (including phenoxy) is 2. The lowest BCUT2D eigenvalue weighted by Crippen LogP contribution is -2.21. The van der Waals surface area contributed by atoms with Crippen LogP contribution in [0.15, 0.2) is 12.1 Å². The molecule has 1 aromatic heterocycles. The van der Waals surface area contributed by atoms with Crippen molar-refractivity contribution in [3.63, 3.8) is 0 Å².